The van der Waals surface area contributed by atoms with Gasteiger partial charge in [-0.25, -0.2) is 0 Å². The SMILES string of the molecule is CCC(C)c1ccccc1N1CC(C(=O)Nc2ccc(C(=O)NC)cc2)CC1=O. The molecular formula is C23H27N3O3. The molecular weight excluding hydrogens is 366 g/mol. The molecule has 0 aromatic heterocycles. The highest BCUT2D eigenvalue weighted by Crippen LogP contribution is 2.33. The molecule has 29 heavy (non-hydrogen) atoms. The molecule has 2 atom stereocenters. The third-order valence-electron chi connectivity index (χ3n) is 5.51. The number of para-hydroxylation sites is 1. The number of carbonyl (C=O) groups excluding carboxylic acids is 3. The molecule has 2 aromatic rings. The van der Waals surface area contributed by atoms with Gasteiger partial charge in [0, 0.05) is 37.0 Å². The van der Waals surface area contributed by atoms with Gasteiger partial charge in [0.25, 0.3) is 5.91 Å². The fraction of sp³-hybridized carbons (Fsp3) is 0.348. The van der Waals surface area contributed by atoms with Crippen molar-refractivity contribution in [2.24, 2.45) is 5.92 Å². The van der Waals surface area contributed by atoms with Crippen LogP contribution in [0.4, 0.5) is 11.4 Å². The van der Waals surface area contributed by atoms with E-state index in [1.54, 1.807) is 36.2 Å². The number of amides is 3. The van der Waals surface area contributed by atoms with Crippen molar-refractivity contribution in [3.05, 3.63) is 59.7 Å². The summed E-state index contributed by atoms with van der Waals surface area (Å²) in [5, 5.41) is 5.42. The third kappa shape index (κ3) is 4.47. The maximum Gasteiger partial charge on any atom is 0.251 e. The van der Waals surface area contributed by atoms with Crippen molar-refractivity contribution >= 4 is 29.1 Å². The summed E-state index contributed by atoms with van der Waals surface area (Å²) in [6.45, 7) is 4.64. The van der Waals surface area contributed by atoms with E-state index in [2.05, 4.69) is 30.5 Å². The van der Waals surface area contributed by atoms with Crippen molar-refractivity contribution in [1.29, 1.82) is 0 Å². The predicted molar refractivity (Wildman–Crippen MR) is 114 cm³/mol. The highest BCUT2D eigenvalue weighted by Gasteiger charge is 2.36. The van der Waals surface area contributed by atoms with Crippen LogP contribution in [0.3, 0.4) is 0 Å². The van der Waals surface area contributed by atoms with Gasteiger partial charge in [0.05, 0.1) is 5.92 Å². The number of rotatable bonds is 6. The molecule has 6 heteroatoms. The predicted octanol–water partition coefficient (Wildman–Crippen LogP) is 3.55. The molecule has 0 spiro atoms. The number of nitrogens with one attached hydrogen (secondary N) is 2. The maximum absolute atomic E-state index is 12.7. The van der Waals surface area contributed by atoms with E-state index in [0.29, 0.717) is 23.7 Å². The van der Waals surface area contributed by atoms with E-state index < -0.39 is 5.92 Å². The van der Waals surface area contributed by atoms with Gasteiger partial charge in [0.1, 0.15) is 0 Å². The second kappa shape index (κ2) is 8.90. The Bertz CT molecular complexity index is 908. The van der Waals surface area contributed by atoms with Crippen LogP contribution in [0.1, 0.15) is 48.5 Å². The molecule has 1 aliphatic heterocycles. The van der Waals surface area contributed by atoms with Gasteiger partial charge in [-0.2, -0.15) is 0 Å². The second-order valence-electron chi connectivity index (χ2n) is 7.42. The summed E-state index contributed by atoms with van der Waals surface area (Å²) >= 11 is 0. The van der Waals surface area contributed by atoms with Gasteiger partial charge in [0.2, 0.25) is 11.8 Å². The van der Waals surface area contributed by atoms with Crippen LogP contribution in [0.15, 0.2) is 48.5 Å². The minimum absolute atomic E-state index is 0.0316. The standard InChI is InChI=1S/C23H27N3O3/c1-4-15(2)19-7-5-6-8-20(19)26-14-17(13-21(26)27)23(29)25-18-11-9-16(10-12-18)22(28)24-3/h5-12,15,17H,4,13-14H2,1-3H3,(H,24,28)(H,25,29). The first-order valence-corrected chi connectivity index (χ1v) is 9.96. The Labute approximate surface area is 171 Å². The Morgan fingerprint density at radius 3 is 2.48 bits per heavy atom. The number of benzene rings is 2. The molecule has 1 saturated heterocycles. The van der Waals surface area contributed by atoms with Gasteiger partial charge in [0.15, 0.2) is 0 Å². The summed E-state index contributed by atoms with van der Waals surface area (Å²) in [5.74, 6) is -0.470. The Hall–Kier alpha value is -3.15. The maximum atomic E-state index is 12.7. The van der Waals surface area contributed by atoms with Crippen LogP contribution < -0.4 is 15.5 Å². The topological polar surface area (TPSA) is 78.5 Å². The first-order valence-electron chi connectivity index (χ1n) is 9.96. The normalized spacial score (nSPS) is 17.1. The zero-order valence-electron chi connectivity index (χ0n) is 17.1. The number of carbonyl (C=O) groups is 3. The lowest BCUT2D eigenvalue weighted by atomic mass is 9.96. The fourth-order valence-electron chi connectivity index (χ4n) is 3.58. The number of hydrogen-bond acceptors (Lipinski definition) is 3. The molecule has 6 nitrogen and oxygen atoms in total. The average molecular weight is 393 g/mol. The highest BCUT2D eigenvalue weighted by atomic mass is 16.2. The molecule has 3 rings (SSSR count). The molecule has 1 heterocycles. The smallest absolute Gasteiger partial charge is 0.251 e. The van der Waals surface area contributed by atoms with Crippen LogP contribution >= 0.6 is 0 Å². The molecule has 2 unspecified atom stereocenters. The summed E-state index contributed by atoms with van der Waals surface area (Å²) in [6, 6.07) is 14.6. The number of nitrogens with zero attached hydrogens (tertiary/aromatic N) is 1. The largest absolute Gasteiger partial charge is 0.355 e. The summed E-state index contributed by atoms with van der Waals surface area (Å²) in [7, 11) is 1.57. The van der Waals surface area contributed by atoms with Crippen LogP contribution in [0, 0.1) is 5.92 Å². The lowest BCUT2D eigenvalue weighted by Crippen LogP contribution is -2.29. The van der Waals surface area contributed by atoms with Crippen molar-refractivity contribution < 1.29 is 14.4 Å². The van der Waals surface area contributed by atoms with Crippen molar-refractivity contribution in [2.75, 3.05) is 23.8 Å². The molecule has 0 aliphatic carbocycles. The first kappa shape index (κ1) is 20.6. The van der Waals surface area contributed by atoms with Crippen LogP contribution in [-0.4, -0.2) is 31.3 Å². The summed E-state index contributed by atoms with van der Waals surface area (Å²) in [6.07, 6.45) is 1.17. The van der Waals surface area contributed by atoms with E-state index in [-0.39, 0.29) is 24.1 Å². The van der Waals surface area contributed by atoms with Crippen LogP contribution in [0.2, 0.25) is 0 Å². The minimum Gasteiger partial charge on any atom is -0.355 e. The van der Waals surface area contributed by atoms with E-state index in [9.17, 15) is 14.4 Å². The molecule has 0 bridgehead atoms. The van der Waals surface area contributed by atoms with Gasteiger partial charge >= 0.3 is 0 Å². The van der Waals surface area contributed by atoms with E-state index in [4.69, 9.17) is 0 Å². The van der Waals surface area contributed by atoms with Crippen LogP contribution in [0.5, 0.6) is 0 Å². The minimum atomic E-state index is -0.411. The van der Waals surface area contributed by atoms with E-state index in [0.717, 1.165) is 17.7 Å². The molecule has 3 amide bonds. The Balaban J connectivity index is 1.70. The zero-order chi connectivity index (χ0) is 21.0. The zero-order valence-corrected chi connectivity index (χ0v) is 17.1. The Morgan fingerprint density at radius 2 is 1.83 bits per heavy atom. The molecule has 1 aliphatic rings. The lowest BCUT2D eigenvalue weighted by Gasteiger charge is -2.23. The van der Waals surface area contributed by atoms with Crippen molar-refractivity contribution in [3.63, 3.8) is 0 Å². The van der Waals surface area contributed by atoms with Gasteiger partial charge in [-0.3, -0.25) is 14.4 Å². The molecule has 1 fully saturated rings. The van der Waals surface area contributed by atoms with Crippen LogP contribution in [-0.2, 0) is 9.59 Å². The average Bonchev–Trinajstić information content (AvgIpc) is 3.14. The lowest BCUT2D eigenvalue weighted by molar-refractivity contribution is -0.122. The van der Waals surface area contributed by atoms with E-state index in [1.165, 1.54) is 0 Å². The van der Waals surface area contributed by atoms with Crippen molar-refractivity contribution in [1.82, 2.24) is 5.32 Å². The van der Waals surface area contributed by atoms with E-state index >= 15 is 0 Å². The molecule has 152 valence electrons. The Morgan fingerprint density at radius 1 is 1.14 bits per heavy atom. The van der Waals surface area contributed by atoms with Crippen LogP contribution in [0.25, 0.3) is 0 Å². The summed E-state index contributed by atoms with van der Waals surface area (Å²) in [4.78, 5) is 38.7. The first-order chi connectivity index (χ1) is 13.9. The van der Waals surface area contributed by atoms with Gasteiger partial charge < -0.3 is 15.5 Å². The second-order valence-corrected chi connectivity index (χ2v) is 7.42. The Kier molecular flexibility index (Phi) is 6.32. The fourth-order valence-corrected chi connectivity index (χ4v) is 3.58. The van der Waals surface area contributed by atoms with E-state index in [1.807, 2.05) is 18.2 Å². The monoisotopic (exact) mass is 393 g/mol. The molecule has 2 aromatic carbocycles. The van der Waals surface area contributed by atoms with Gasteiger partial charge in [-0.15, -0.1) is 0 Å². The number of hydrogen-bond donors (Lipinski definition) is 2. The molecule has 0 saturated carbocycles. The third-order valence-corrected chi connectivity index (χ3v) is 5.51. The quantitative estimate of drug-likeness (QED) is 0.788. The van der Waals surface area contributed by atoms with Gasteiger partial charge in [-0.1, -0.05) is 32.0 Å². The highest BCUT2D eigenvalue weighted by molar-refractivity contribution is 6.04. The van der Waals surface area contributed by atoms with Gasteiger partial charge in [-0.05, 0) is 48.2 Å². The van der Waals surface area contributed by atoms with Crippen molar-refractivity contribution in [2.45, 2.75) is 32.6 Å². The van der Waals surface area contributed by atoms with Crippen molar-refractivity contribution in [3.8, 4) is 0 Å². The summed E-state index contributed by atoms with van der Waals surface area (Å²) in [5.41, 5.74) is 3.16. The summed E-state index contributed by atoms with van der Waals surface area (Å²) < 4.78 is 0. The molecule has 2 N–H and O–H groups in total. The molecule has 0 radical (unpaired) electrons. The number of anilines is 2.